The van der Waals surface area contributed by atoms with E-state index >= 15 is 0 Å². The van der Waals surface area contributed by atoms with E-state index in [2.05, 4.69) is 6.07 Å². The third-order valence-electron chi connectivity index (χ3n) is 2.56. The van der Waals surface area contributed by atoms with Crippen LogP contribution in [-0.2, 0) is 12.8 Å². The molecule has 0 unspecified atom stereocenters. The van der Waals surface area contributed by atoms with Crippen molar-refractivity contribution in [3.63, 3.8) is 0 Å². The Kier molecular flexibility index (Phi) is 1.77. The van der Waals surface area contributed by atoms with Crippen LogP contribution in [0.4, 0.5) is 5.69 Å². The minimum absolute atomic E-state index is 0.333. The molecule has 0 spiro atoms. The van der Waals surface area contributed by atoms with E-state index in [1.807, 2.05) is 12.1 Å². The molecule has 0 heterocycles. The number of hydrogen-bond donors (Lipinski definition) is 2. The van der Waals surface area contributed by atoms with Crippen LogP contribution < -0.4 is 11.5 Å². The summed E-state index contributed by atoms with van der Waals surface area (Å²) in [6, 6.07) is 6.44. The summed E-state index contributed by atoms with van der Waals surface area (Å²) in [5, 5.41) is 0. The smallest absolute Gasteiger partial charge is 0.0349 e. The van der Waals surface area contributed by atoms with Crippen molar-refractivity contribution in [2.75, 3.05) is 5.73 Å². The Morgan fingerprint density at radius 1 is 1.33 bits per heavy atom. The van der Waals surface area contributed by atoms with Gasteiger partial charge in [-0.05, 0) is 36.5 Å². The highest BCUT2D eigenvalue weighted by Gasteiger charge is 2.16. The van der Waals surface area contributed by atoms with Crippen LogP contribution in [0.1, 0.15) is 17.5 Å². The molecule has 1 atom stereocenters. The highest BCUT2D eigenvalue weighted by Crippen LogP contribution is 2.25. The minimum atomic E-state index is 0.333. The molecule has 2 nitrogen and oxygen atoms in total. The third-order valence-corrected chi connectivity index (χ3v) is 2.56. The summed E-state index contributed by atoms with van der Waals surface area (Å²) >= 11 is 0. The molecule has 1 aromatic carbocycles. The molecule has 0 radical (unpaired) electrons. The summed E-state index contributed by atoms with van der Waals surface area (Å²) in [5.74, 6) is 0. The molecule has 1 aliphatic rings. The third kappa shape index (κ3) is 1.18. The second-order valence-electron chi connectivity index (χ2n) is 3.49. The second kappa shape index (κ2) is 2.79. The average molecular weight is 162 g/mol. The maximum atomic E-state index is 5.86. The number of fused-ring (bicyclic) bond motifs is 1. The van der Waals surface area contributed by atoms with Gasteiger partial charge in [-0.25, -0.2) is 0 Å². The largest absolute Gasteiger partial charge is 0.398 e. The molecule has 0 amide bonds. The lowest BCUT2D eigenvalue weighted by atomic mass is 9.88. The zero-order valence-electron chi connectivity index (χ0n) is 7.09. The number of nitrogens with two attached hydrogens (primary N) is 2. The molecule has 0 saturated heterocycles. The standard InChI is InChI=1S/C10H14N2/c11-8-4-5-9-7(6-8)2-1-3-10(9)12/h1-3,8H,4-6,11-12H2/t8-/m1/s1. The van der Waals surface area contributed by atoms with Gasteiger partial charge in [-0.1, -0.05) is 12.1 Å². The van der Waals surface area contributed by atoms with Gasteiger partial charge in [0.1, 0.15) is 0 Å². The van der Waals surface area contributed by atoms with Gasteiger partial charge in [-0.2, -0.15) is 0 Å². The van der Waals surface area contributed by atoms with Crippen LogP contribution in [0.5, 0.6) is 0 Å². The predicted molar refractivity (Wildman–Crippen MR) is 50.9 cm³/mol. The Balaban J connectivity index is 2.42. The molecule has 4 N–H and O–H groups in total. The topological polar surface area (TPSA) is 52.0 Å². The molecule has 12 heavy (non-hydrogen) atoms. The van der Waals surface area contributed by atoms with E-state index in [1.54, 1.807) is 0 Å². The molecule has 0 bridgehead atoms. The first-order valence-electron chi connectivity index (χ1n) is 4.39. The van der Waals surface area contributed by atoms with Gasteiger partial charge in [0.05, 0.1) is 0 Å². The second-order valence-corrected chi connectivity index (χ2v) is 3.49. The molecule has 64 valence electrons. The van der Waals surface area contributed by atoms with Crippen LogP contribution >= 0.6 is 0 Å². The molecule has 2 heteroatoms. The molecule has 0 aromatic heterocycles. The van der Waals surface area contributed by atoms with Gasteiger partial charge in [-0.3, -0.25) is 0 Å². The molecule has 0 aliphatic heterocycles. The summed E-state index contributed by atoms with van der Waals surface area (Å²) in [5.41, 5.74) is 15.3. The maximum absolute atomic E-state index is 5.86. The van der Waals surface area contributed by atoms with Crippen molar-refractivity contribution in [2.45, 2.75) is 25.3 Å². The van der Waals surface area contributed by atoms with Crippen molar-refractivity contribution in [1.29, 1.82) is 0 Å². The first-order valence-corrected chi connectivity index (χ1v) is 4.39. The normalized spacial score (nSPS) is 21.9. The summed E-state index contributed by atoms with van der Waals surface area (Å²) < 4.78 is 0. The maximum Gasteiger partial charge on any atom is 0.0349 e. The SMILES string of the molecule is Nc1cccc2c1CC[C@@H](N)C2. The van der Waals surface area contributed by atoms with Crippen LogP contribution in [0, 0.1) is 0 Å². The first-order chi connectivity index (χ1) is 5.77. The molecule has 1 aliphatic carbocycles. The van der Waals surface area contributed by atoms with Crippen molar-refractivity contribution >= 4 is 5.69 Å². The fraction of sp³-hybridized carbons (Fsp3) is 0.400. The summed E-state index contributed by atoms with van der Waals surface area (Å²) in [6.45, 7) is 0. The number of anilines is 1. The van der Waals surface area contributed by atoms with Crippen LogP contribution in [0.2, 0.25) is 0 Å². The molecular formula is C10H14N2. The molecular weight excluding hydrogens is 148 g/mol. The minimum Gasteiger partial charge on any atom is -0.398 e. The zero-order chi connectivity index (χ0) is 8.55. The van der Waals surface area contributed by atoms with Crippen molar-refractivity contribution in [2.24, 2.45) is 5.73 Å². The quantitative estimate of drug-likeness (QED) is 0.561. The fourth-order valence-corrected chi connectivity index (χ4v) is 1.86. The van der Waals surface area contributed by atoms with Gasteiger partial charge in [0.15, 0.2) is 0 Å². The first kappa shape index (κ1) is 7.62. The summed E-state index contributed by atoms with van der Waals surface area (Å²) in [6.07, 6.45) is 3.10. The van der Waals surface area contributed by atoms with Crippen molar-refractivity contribution in [1.82, 2.24) is 0 Å². The Morgan fingerprint density at radius 2 is 2.17 bits per heavy atom. The van der Waals surface area contributed by atoms with E-state index in [0.29, 0.717) is 6.04 Å². The van der Waals surface area contributed by atoms with E-state index in [1.165, 1.54) is 11.1 Å². The Hall–Kier alpha value is -1.02. The van der Waals surface area contributed by atoms with Gasteiger partial charge in [0.2, 0.25) is 0 Å². The van der Waals surface area contributed by atoms with Crippen LogP contribution in [0.25, 0.3) is 0 Å². The average Bonchev–Trinajstić information content (AvgIpc) is 2.04. The number of rotatable bonds is 0. The van der Waals surface area contributed by atoms with Gasteiger partial charge in [0, 0.05) is 11.7 Å². The van der Waals surface area contributed by atoms with E-state index < -0.39 is 0 Å². The van der Waals surface area contributed by atoms with E-state index in [9.17, 15) is 0 Å². The zero-order valence-corrected chi connectivity index (χ0v) is 7.09. The van der Waals surface area contributed by atoms with Crippen LogP contribution in [-0.4, -0.2) is 6.04 Å². The van der Waals surface area contributed by atoms with E-state index in [0.717, 1.165) is 24.9 Å². The van der Waals surface area contributed by atoms with Crippen molar-refractivity contribution in [3.05, 3.63) is 29.3 Å². The van der Waals surface area contributed by atoms with Crippen LogP contribution in [0.15, 0.2) is 18.2 Å². The number of hydrogen-bond acceptors (Lipinski definition) is 2. The van der Waals surface area contributed by atoms with Crippen LogP contribution in [0.3, 0.4) is 0 Å². The Bertz CT molecular complexity index is 294. The van der Waals surface area contributed by atoms with Gasteiger partial charge in [0.25, 0.3) is 0 Å². The monoisotopic (exact) mass is 162 g/mol. The summed E-state index contributed by atoms with van der Waals surface area (Å²) in [4.78, 5) is 0. The summed E-state index contributed by atoms with van der Waals surface area (Å²) in [7, 11) is 0. The highest BCUT2D eigenvalue weighted by atomic mass is 14.6. The van der Waals surface area contributed by atoms with E-state index in [-0.39, 0.29) is 0 Å². The highest BCUT2D eigenvalue weighted by molar-refractivity contribution is 5.52. The van der Waals surface area contributed by atoms with Gasteiger partial charge < -0.3 is 11.5 Å². The predicted octanol–water partition coefficient (Wildman–Crippen LogP) is 1.08. The molecule has 0 fully saturated rings. The number of nitrogen functional groups attached to an aromatic ring is 1. The van der Waals surface area contributed by atoms with Gasteiger partial charge >= 0.3 is 0 Å². The molecule has 2 rings (SSSR count). The van der Waals surface area contributed by atoms with E-state index in [4.69, 9.17) is 11.5 Å². The lowest BCUT2D eigenvalue weighted by Crippen LogP contribution is -2.28. The van der Waals surface area contributed by atoms with Crippen molar-refractivity contribution < 1.29 is 0 Å². The lowest BCUT2D eigenvalue weighted by Gasteiger charge is -2.22. The fourth-order valence-electron chi connectivity index (χ4n) is 1.86. The van der Waals surface area contributed by atoms with Crippen molar-refractivity contribution in [3.8, 4) is 0 Å². The Labute approximate surface area is 72.6 Å². The Morgan fingerprint density at radius 3 is 3.00 bits per heavy atom. The van der Waals surface area contributed by atoms with Gasteiger partial charge in [-0.15, -0.1) is 0 Å². The lowest BCUT2D eigenvalue weighted by molar-refractivity contribution is 0.577. The number of benzene rings is 1. The molecule has 0 saturated carbocycles. The molecule has 1 aromatic rings.